The van der Waals surface area contributed by atoms with Gasteiger partial charge in [0.2, 0.25) is 0 Å². The van der Waals surface area contributed by atoms with Gasteiger partial charge in [0.05, 0.1) is 19.1 Å². The van der Waals surface area contributed by atoms with Crippen molar-refractivity contribution >= 4 is 16.7 Å². The first-order chi connectivity index (χ1) is 13.7. The molecule has 4 nitrogen and oxygen atoms in total. The summed E-state index contributed by atoms with van der Waals surface area (Å²) < 4.78 is 5.66. The van der Waals surface area contributed by atoms with Crippen LogP contribution in [-0.2, 0) is 4.79 Å². The SMILES string of the molecule is COc1ccccc1C(c1ccc2ccccc2c1)N1CCCC(C(=O)O)C1. The van der Waals surface area contributed by atoms with Gasteiger partial charge in [0, 0.05) is 12.1 Å². The number of aliphatic carboxylic acids is 1. The number of piperidine rings is 1. The Morgan fingerprint density at radius 1 is 1.07 bits per heavy atom. The topological polar surface area (TPSA) is 49.8 Å². The number of carbonyl (C=O) groups is 1. The number of carboxylic acid groups (broad SMARTS) is 1. The Balaban J connectivity index is 1.81. The molecular formula is C24H25NO3. The molecule has 4 heteroatoms. The molecule has 3 aromatic carbocycles. The Kier molecular flexibility index (Phi) is 5.31. The van der Waals surface area contributed by atoms with Crippen LogP contribution in [0, 0.1) is 5.92 Å². The van der Waals surface area contributed by atoms with Crippen LogP contribution in [0.4, 0.5) is 0 Å². The molecule has 0 bridgehead atoms. The second-order valence-electron chi connectivity index (χ2n) is 7.42. The molecule has 0 spiro atoms. The minimum absolute atomic E-state index is 0.0390. The highest BCUT2D eigenvalue weighted by Crippen LogP contribution is 2.38. The van der Waals surface area contributed by atoms with Gasteiger partial charge < -0.3 is 9.84 Å². The highest BCUT2D eigenvalue weighted by Gasteiger charge is 2.32. The normalized spacial score (nSPS) is 18.7. The molecule has 0 amide bonds. The van der Waals surface area contributed by atoms with Gasteiger partial charge in [-0.25, -0.2) is 0 Å². The predicted molar refractivity (Wildman–Crippen MR) is 111 cm³/mol. The fraction of sp³-hybridized carbons (Fsp3) is 0.292. The predicted octanol–water partition coefficient (Wildman–Crippen LogP) is 4.73. The van der Waals surface area contributed by atoms with E-state index < -0.39 is 5.97 Å². The summed E-state index contributed by atoms with van der Waals surface area (Å²) in [4.78, 5) is 13.9. The molecule has 0 saturated carbocycles. The Morgan fingerprint density at radius 3 is 2.61 bits per heavy atom. The van der Waals surface area contributed by atoms with Crippen molar-refractivity contribution in [3.05, 3.63) is 77.9 Å². The lowest BCUT2D eigenvalue weighted by Crippen LogP contribution is -2.41. The number of carboxylic acids is 1. The van der Waals surface area contributed by atoms with Crippen LogP contribution in [0.1, 0.15) is 30.0 Å². The average molecular weight is 375 g/mol. The zero-order valence-corrected chi connectivity index (χ0v) is 16.0. The van der Waals surface area contributed by atoms with Gasteiger partial charge in [0.25, 0.3) is 0 Å². The number of para-hydroxylation sites is 1. The summed E-state index contributed by atoms with van der Waals surface area (Å²) in [5.74, 6) is -0.202. The van der Waals surface area contributed by atoms with Gasteiger partial charge in [0.15, 0.2) is 0 Å². The van der Waals surface area contributed by atoms with Gasteiger partial charge in [-0.2, -0.15) is 0 Å². The Hall–Kier alpha value is -2.85. The first-order valence-corrected chi connectivity index (χ1v) is 9.76. The van der Waals surface area contributed by atoms with E-state index in [1.165, 1.54) is 10.8 Å². The molecule has 28 heavy (non-hydrogen) atoms. The number of nitrogens with zero attached hydrogens (tertiary/aromatic N) is 1. The Morgan fingerprint density at radius 2 is 1.82 bits per heavy atom. The number of fused-ring (bicyclic) bond motifs is 1. The van der Waals surface area contributed by atoms with Crippen LogP contribution < -0.4 is 4.74 Å². The zero-order valence-electron chi connectivity index (χ0n) is 16.0. The van der Waals surface area contributed by atoms with E-state index in [0.29, 0.717) is 6.54 Å². The third-order valence-corrected chi connectivity index (χ3v) is 5.69. The molecule has 144 valence electrons. The molecule has 1 N–H and O–H groups in total. The highest BCUT2D eigenvalue weighted by atomic mass is 16.5. The number of hydrogen-bond donors (Lipinski definition) is 1. The van der Waals surface area contributed by atoms with Crippen LogP contribution in [0.2, 0.25) is 0 Å². The molecule has 4 rings (SSSR count). The van der Waals surface area contributed by atoms with E-state index in [2.05, 4.69) is 41.3 Å². The standard InChI is InChI=1S/C24H25NO3/c1-28-22-11-5-4-10-21(22)23(25-14-6-9-20(16-25)24(26)27)19-13-12-17-7-2-3-8-18(17)15-19/h2-5,7-8,10-13,15,20,23H,6,9,14,16H2,1H3,(H,26,27). The second-order valence-corrected chi connectivity index (χ2v) is 7.42. The van der Waals surface area contributed by atoms with E-state index in [0.717, 1.165) is 36.3 Å². The van der Waals surface area contributed by atoms with Crippen molar-refractivity contribution in [3.63, 3.8) is 0 Å². The fourth-order valence-electron chi connectivity index (χ4n) is 4.30. The van der Waals surface area contributed by atoms with Crippen LogP contribution >= 0.6 is 0 Å². The molecule has 3 aromatic rings. The molecule has 1 aliphatic heterocycles. The van der Waals surface area contributed by atoms with E-state index >= 15 is 0 Å². The second kappa shape index (κ2) is 8.03. The molecule has 0 radical (unpaired) electrons. The summed E-state index contributed by atoms with van der Waals surface area (Å²) in [5, 5.41) is 12.0. The fourth-order valence-corrected chi connectivity index (χ4v) is 4.30. The van der Waals surface area contributed by atoms with Crippen LogP contribution in [0.3, 0.4) is 0 Å². The zero-order chi connectivity index (χ0) is 19.5. The van der Waals surface area contributed by atoms with Crippen molar-refractivity contribution in [1.29, 1.82) is 0 Å². The van der Waals surface area contributed by atoms with E-state index in [4.69, 9.17) is 4.74 Å². The third kappa shape index (κ3) is 3.60. The van der Waals surface area contributed by atoms with Crippen molar-refractivity contribution in [2.75, 3.05) is 20.2 Å². The van der Waals surface area contributed by atoms with Gasteiger partial charge in [0.1, 0.15) is 5.75 Å². The number of ether oxygens (including phenoxy) is 1. The average Bonchev–Trinajstić information content (AvgIpc) is 2.74. The van der Waals surface area contributed by atoms with Crippen molar-refractivity contribution in [2.24, 2.45) is 5.92 Å². The van der Waals surface area contributed by atoms with Crippen LogP contribution in [0.15, 0.2) is 66.7 Å². The maximum absolute atomic E-state index is 11.6. The summed E-state index contributed by atoms with van der Waals surface area (Å²) in [6.07, 6.45) is 1.62. The summed E-state index contributed by atoms with van der Waals surface area (Å²) >= 11 is 0. The van der Waals surface area contributed by atoms with E-state index in [1.807, 2.05) is 30.3 Å². The molecule has 1 fully saturated rings. The maximum atomic E-state index is 11.6. The molecule has 2 atom stereocenters. The summed E-state index contributed by atoms with van der Waals surface area (Å²) in [6, 6.07) is 22.8. The summed E-state index contributed by atoms with van der Waals surface area (Å²) in [5.41, 5.74) is 2.24. The first kappa shape index (κ1) is 18.5. The van der Waals surface area contributed by atoms with E-state index in [9.17, 15) is 9.90 Å². The highest BCUT2D eigenvalue weighted by molar-refractivity contribution is 5.83. The molecule has 1 aliphatic rings. The van der Waals surface area contributed by atoms with E-state index in [-0.39, 0.29) is 12.0 Å². The summed E-state index contributed by atoms with van der Waals surface area (Å²) in [6.45, 7) is 1.42. The van der Waals surface area contributed by atoms with Crippen molar-refractivity contribution in [1.82, 2.24) is 4.90 Å². The number of hydrogen-bond acceptors (Lipinski definition) is 3. The van der Waals surface area contributed by atoms with Crippen molar-refractivity contribution in [3.8, 4) is 5.75 Å². The maximum Gasteiger partial charge on any atom is 0.307 e. The molecule has 1 heterocycles. The summed E-state index contributed by atoms with van der Waals surface area (Å²) in [7, 11) is 1.69. The number of methoxy groups -OCH3 is 1. The molecule has 1 saturated heterocycles. The number of likely N-dealkylation sites (tertiary alicyclic amines) is 1. The lowest BCUT2D eigenvalue weighted by molar-refractivity contribution is -0.143. The van der Waals surface area contributed by atoms with Crippen LogP contribution in [0.5, 0.6) is 5.75 Å². The van der Waals surface area contributed by atoms with Gasteiger partial charge in [-0.1, -0.05) is 54.6 Å². The van der Waals surface area contributed by atoms with Crippen LogP contribution in [0.25, 0.3) is 10.8 Å². The van der Waals surface area contributed by atoms with Crippen LogP contribution in [-0.4, -0.2) is 36.2 Å². The monoisotopic (exact) mass is 375 g/mol. The Bertz CT molecular complexity index is 984. The number of rotatable bonds is 5. The van der Waals surface area contributed by atoms with Crippen molar-refractivity contribution in [2.45, 2.75) is 18.9 Å². The molecule has 2 unspecified atom stereocenters. The third-order valence-electron chi connectivity index (χ3n) is 5.69. The molecular weight excluding hydrogens is 350 g/mol. The van der Waals surface area contributed by atoms with Gasteiger partial charge in [-0.3, -0.25) is 9.69 Å². The molecule has 0 aliphatic carbocycles. The molecule has 0 aromatic heterocycles. The van der Waals surface area contributed by atoms with Gasteiger partial charge in [-0.05, 0) is 47.9 Å². The first-order valence-electron chi connectivity index (χ1n) is 9.76. The largest absolute Gasteiger partial charge is 0.496 e. The van der Waals surface area contributed by atoms with Gasteiger partial charge >= 0.3 is 5.97 Å². The van der Waals surface area contributed by atoms with Gasteiger partial charge in [-0.15, -0.1) is 0 Å². The lowest BCUT2D eigenvalue weighted by atomic mass is 9.90. The quantitative estimate of drug-likeness (QED) is 0.700. The van der Waals surface area contributed by atoms with Crippen molar-refractivity contribution < 1.29 is 14.6 Å². The Labute approximate surface area is 165 Å². The minimum atomic E-state index is -0.706. The number of benzene rings is 3. The minimum Gasteiger partial charge on any atom is -0.496 e. The smallest absolute Gasteiger partial charge is 0.307 e. The lowest BCUT2D eigenvalue weighted by Gasteiger charge is -2.38. The van der Waals surface area contributed by atoms with E-state index in [1.54, 1.807) is 7.11 Å².